The van der Waals surface area contributed by atoms with Crippen LogP contribution >= 0.6 is 0 Å². The van der Waals surface area contributed by atoms with Crippen molar-refractivity contribution in [1.82, 2.24) is 16.0 Å². The summed E-state index contributed by atoms with van der Waals surface area (Å²) >= 11 is 0. The van der Waals surface area contributed by atoms with Gasteiger partial charge in [-0.3, -0.25) is 9.59 Å². The minimum atomic E-state index is -0.973. The first-order chi connectivity index (χ1) is 24.0. The van der Waals surface area contributed by atoms with Crippen LogP contribution in [0.15, 0.2) is 97.1 Å². The molecule has 0 saturated carbocycles. The van der Waals surface area contributed by atoms with E-state index in [0.717, 1.165) is 22.3 Å². The fraction of sp³-hybridized carbons (Fsp3) is 0.308. The number of nitrogens with zero attached hydrogens (tertiary/aromatic N) is 1. The van der Waals surface area contributed by atoms with Crippen molar-refractivity contribution in [2.24, 2.45) is 0 Å². The maximum atomic E-state index is 14.8. The van der Waals surface area contributed by atoms with Crippen molar-refractivity contribution in [3.8, 4) is 11.1 Å². The monoisotopic (exact) mass is 681 g/mol. The summed E-state index contributed by atoms with van der Waals surface area (Å²) in [5.41, 5.74) is 4.44. The number of halogens is 1. The van der Waals surface area contributed by atoms with Crippen molar-refractivity contribution in [3.05, 3.63) is 120 Å². The number of nitrogens with one attached hydrogen (secondary N) is 4. The molecule has 0 bridgehead atoms. The van der Waals surface area contributed by atoms with E-state index < -0.39 is 36.0 Å². The van der Waals surface area contributed by atoms with Crippen LogP contribution in [-0.4, -0.2) is 65.9 Å². The zero-order valence-corrected chi connectivity index (χ0v) is 28.4. The molecular formula is C39H44FN5O5. The van der Waals surface area contributed by atoms with Crippen molar-refractivity contribution in [3.63, 3.8) is 0 Å². The van der Waals surface area contributed by atoms with E-state index in [-0.39, 0.29) is 37.4 Å². The smallest absolute Gasteiger partial charge is 0.318 e. The Kier molecular flexibility index (Phi) is 11.6. The van der Waals surface area contributed by atoms with Gasteiger partial charge in [-0.15, -0.1) is 0 Å². The molecular weight excluding hydrogens is 637 g/mol. The molecule has 4 amide bonds. The van der Waals surface area contributed by atoms with Crippen LogP contribution < -0.4 is 26.2 Å². The highest BCUT2D eigenvalue weighted by atomic mass is 19.1. The van der Waals surface area contributed by atoms with Crippen molar-refractivity contribution < 1.29 is 29.0 Å². The van der Waals surface area contributed by atoms with E-state index >= 15 is 0 Å². The van der Waals surface area contributed by atoms with Gasteiger partial charge in [0.2, 0.25) is 5.91 Å². The lowest BCUT2D eigenvalue weighted by Gasteiger charge is -2.31. The third kappa shape index (κ3) is 8.92. The molecule has 0 fully saturated rings. The Bertz CT molecular complexity index is 1800. The first kappa shape index (κ1) is 36.2. The van der Waals surface area contributed by atoms with E-state index in [1.165, 1.54) is 12.1 Å². The Morgan fingerprint density at radius 1 is 0.980 bits per heavy atom. The highest BCUT2D eigenvalue weighted by Crippen LogP contribution is 2.37. The second kappa shape index (κ2) is 16.1. The minimum Gasteiger partial charge on any atom is -0.394 e. The number of carbonyl (C=O) groups excluding carboxylic acids is 3. The number of anilines is 2. The van der Waals surface area contributed by atoms with Crippen LogP contribution in [0.25, 0.3) is 11.1 Å². The summed E-state index contributed by atoms with van der Waals surface area (Å²) in [4.78, 5) is 42.0. The van der Waals surface area contributed by atoms with Crippen LogP contribution in [0.2, 0.25) is 0 Å². The van der Waals surface area contributed by atoms with E-state index in [4.69, 9.17) is 0 Å². The predicted octanol–water partition coefficient (Wildman–Crippen LogP) is 4.71. The molecule has 1 aliphatic heterocycles. The van der Waals surface area contributed by atoms with Crippen LogP contribution in [0.3, 0.4) is 0 Å². The van der Waals surface area contributed by atoms with Crippen molar-refractivity contribution in [2.45, 2.75) is 56.8 Å². The molecule has 1 aliphatic rings. The topological polar surface area (TPSA) is 143 Å². The molecule has 11 heteroatoms. The lowest BCUT2D eigenvalue weighted by Crippen LogP contribution is -2.53. The Morgan fingerprint density at radius 2 is 1.68 bits per heavy atom. The number of amides is 4. The Hall–Kier alpha value is -5.10. The summed E-state index contributed by atoms with van der Waals surface area (Å²) < 4.78 is 14.8. The third-order valence-corrected chi connectivity index (χ3v) is 8.89. The van der Waals surface area contributed by atoms with Crippen molar-refractivity contribution in [1.29, 1.82) is 0 Å². The van der Waals surface area contributed by atoms with Gasteiger partial charge >= 0.3 is 6.03 Å². The first-order valence-corrected chi connectivity index (χ1v) is 16.6. The molecule has 3 atom stereocenters. The standard InChI is InChI=1S/C39H44FN5O5/c1-39(2,42-22-30(47)24-46)21-35(48)44-36-32(26-9-5-4-6-10-26)20-28-19-29(40)17-18-34(28)45(37(36)49)23-25-13-15-27(16-14-25)31-11-7-8-12-33(31)43-38(50)41-3/h4-19,30,32,36,42,46-47H,20-24H2,1-3H3,(H,44,48)(H2,41,43,50)/t30-,32?,36?/m0/s1. The largest absolute Gasteiger partial charge is 0.394 e. The molecule has 0 spiro atoms. The summed E-state index contributed by atoms with van der Waals surface area (Å²) in [6.45, 7) is 3.46. The Balaban J connectivity index is 1.47. The number of benzene rings is 4. The molecule has 0 radical (unpaired) electrons. The predicted molar refractivity (Wildman–Crippen MR) is 192 cm³/mol. The van der Waals surface area contributed by atoms with Gasteiger partial charge in [0.1, 0.15) is 11.9 Å². The molecule has 50 heavy (non-hydrogen) atoms. The van der Waals surface area contributed by atoms with E-state index in [2.05, 4.69) is 21.3 Å². The van der Waals surface area contributed by atoms with E-state index in [0.29, 0.717) is 23.4 Å². The number of hydrogen-bond acceptors (Lipinski definition) is 6. The fourth-order valence-electron chi connectivity index (χ4n) is 6.28. The number of carbonyl (C=O) groups is 3. The van der Waals surface area contributed by atoms with Gasteiger partial charge in [-0.1, -0.05) is 72.8 Å². The highest BCUT2D eigenvalue weighted by Gasteiger charge is 2.39. The zero-order valence-electron chi connectivity index (χ0n) is 28.4. The van der Waals surface area contributed by atoms with Gasteiger partial charge in [-0.2, -0.15) is 0 Å². The van der Waals surface area contributed by atoms with Crippen LogP contribution in [-0.2, 0) is 22.6 Å². The van der Waals surface area contributed by atoms with Gasteiger partial charge in [0.05, 0.1) is 24.9 Å². The minimum absolute atomic E-state index is 0.00424. The van der Waals surface area contributed by atoms with E-state index in [9.17, 15) is 29.0 Å². The van der Waals surface area contributed by atoms with Gasteiger partial charge in [-0.05, 0) is 66.8 Å². The quantitative estimate of drug-likeness (QED) is 0.128. The van der Waals surface area contributed by atoms with Gasteiger partial charge in [0.25, 0.3) is 5.91 Å². The molecule has 4 aromatic rings. The number of aliphatic hydroxyl groups is 2. The number of aliphatic hydroxyl groups excluding tert-OH is 2. The zero-order chi connectivity index (χ0) is 35.8. The lowest BCUT2D eigenvalue weighted by molar-refractivity contribution is -0.128. The fourth-order valence-corrected chi connectivity index (χ4v) is 6.28. The number of para-hydroxylation sites is 1. The first-order valence-electron chi connectivity index (χ1n) is 16.6. The Labute approximate surface area is 291 Å². The molecule has 0 saturated heterocycles. The van der Waals surface area contributed by atoms with Crippen LogP contribution in [0.5, 0.6) is 0 Å². The van der Waals surface area contributed by atoms with Gasteiger partial charge < -0.3 is 36.4 Å². The number of fused-ring (bicyclic) bond motifs is 1. The van der Waals surface area contributed by atoms with Crippen LogP contribution in [0.4, 0.5) is 20.6 Å². The number of rotatable bonds is 12. The summed E-state index contributed by atoms with van der Waals surface area (Å²) in [6.07, 6.45) is -0.669. The summed E-state index contributed by atoms with van der Waals surface area (Å²) in [7, 11) is 1.55. The lowest BCUT2D eigenvalue weighted by atomic mass is 9.86. The SMILES string of the molecule is CNC(=O)Nc1ccccc1-c1ccc(CN2C(=O)C(NC(=O)CC(C)(C)NC[C@H](O)CO)C(c3ccccc3)Cc3cc(F)ccc32)cc1. The highest BCUT2D eigenvalue weighted by molar-refractivity contribution is 6.01. The van der Waals surface area contributed by atoms with Crippen molar-refractivity contribution >= 4 is 29.2 Å². The third-order valence-electron chi connectivity index (χ3n) is 8.89. The average Bonchev–Trinajstić information content (AvgIpc) is 3.21. The van der Waals surface area contributed by atoms with Crippen LogP contribution in [0.1, 0.15) is 42.9 Å². The molecule has 0 aliphatic carbocycles. The van der Waals surface area contributed by atoms with Crippen molar-refractivity contribution in [2.75, 3.05) is 30.4 Å². The Morgan fingerprint density at radius 3 is 2.38 bits per heavy atom. The number of hydrogen-bond donors (Lipinski definition) is 6. The van der Waals surface area contributed by atoms with Gasteiger partial charge in [0, 0.05) is 42.7 Å². The molecule has 0 aromatic heterocycles. The number of β-amino-alcohol motifs (C(OH)–C–C–N with tert-alkyl or cyclic N) is 1. The molecule has 1 heterocycles. The number of urea groups is 1. The van der Waals surface area contributed by atoms with E-state index in [1.54, 1.807) is 18.0 Å². The van der Waals surface area contributed by atoms with E-state index in [1.807, 2.05) is 92.7 Å². The maximum Gasteiger partial charge on any atom is 0.318 e. The maximum absolute atomic E-state index is 14.8. The molecule has 4 aromatic carbocycles. The van der Waals surface area contributed by atoms with Gasteiger partial charge in [-0.25, -0.2) is 9.18 Å². The molecule has 6 N–H and O–H groups in total. The summed E-state index contributed by atoms with van der Waals surface area (Å²) in [6, 6.07) is 27.6. The van der Waals surface area contributed by atoms with Crippen LogP contribution in [0, 0.1) is 5.82 Å². The summed E-state index contributed by atoms with van der Waals surface area (Å²) in [5, 5.41) is 30.6. The normalized spacial score (nSPS) is 16.6. The average molecular weight is 682 g/mol. The molecule has 2 unspecified atom stereocenters. The molecule has 262 valence electrons. The molecule has 5 rings (SSSR count). The summed E-state index contributed by atoms with van der Waals surface area (Å²) in [5.74, 6) is -1.61. The second-order valence-corrected chi connectivity index (χ2v) is 13.2. The molecule has 10 nitrogen and oxygen atoms in total. The second-order valence-electron chi connectivity index (χ2n) is 13.2. The van der Waals surface area contributed by atoms with Gasteiger partial charge in [0.15, 0.2) is 0 Å².